The molecule has 1 saturated carbocycles. The van der Waals surface area contributed by atoms with Gasteiger partial charge in [-0.15, -0.1) is 0 Å². The fourth-order valence-corrected chi connectivity index (χ4v) is 2.38. The van der Waals surface area contributed by atoms with E-state index >= 15 is 0 Å². The Morgan fingerprint density at radius 3 is 2.24 bits per heavy atom. The Kier molecular flexibility index (Phi) is 4.15. The van der Waals surface area contributed by atoms with E-state index in [-0.39, 0.29) is 5.91 Å². The van der Waals surface area contributed by atoms with Crippen molar-refractivity contribution in [3.8, 4) is 0 Å². The molecule has 0 aliphatic heterocycles. The summed E-state index contributed by atoms with van der Waals surface area (Å²) in [5.74, 6) is 0.102. The highest BCUT2D eigenvalue weighted by atomic mass is 16.2. The van der Waals surface area contributed by atoms with Crippen molar-refractivity contribution in [2.75, 3.05) is 0 Å². The molecule has 0 atom stereocenters. The average molecular weight is 277 g/mol. The van der Waals surface area contributed by atoms with Crippen LogP contribution in [0.5, 0.6) is 0 Å². The molecule has 0 aromatic heterocycles. The zero-order valence-electron chi connectivity index (χ0n) is 12.0. The summed E-state index contributed by atoms with van der Waals surface area (Å²) < 4.78 is 0. The summed E-state index contributed by atoms with van der Waals surface area (Å²) >= 11 is 0. The van der Waals surface area contributed by atoms with Gasteiger partial charge in [0.25, 0.3) is 0 Å². The highest BCUT2D eigenvalue weighted by Gasteiger charge is 2.31. The average Bonchev–Trinajstić information content (AvgIpc) is 3.37. The standard InChI is InChI=1S/C19H19NO/c21-19(14-11-16-7-3-1-4-8-16)20(18-12-13-18)15-17-9-5-2-6-10-17/h1-11,14,18H,12-13,15H2/b14-11+. The molecule has 2 nitrogen and oxygen atoms in total. The van der Waals surface area contributed by atoms with Gasteiger partial charge < -0.3 is 4.90 Å². The van der Waals surface area contributed by atoms with Gasteiger partial charge in [-0.05, 0) is 30.0 Å². The first kappa shape index (κ1) is 13.6. The number of benzene rings is 2. The second-order valence-electron chi connectivity index (χ2n) is 5.43. The van der Waals surface area contributed by atoms with Gasteiger partial charge in [-0.1, -0.05) is 60.7 Å². The van der Waals surface area contributed by atoms with Crippen LogP contribution in [0.3, 0.4) is 0 Å². The molecule has 2 heteroatoms. The molecule has 1 aliphatic rings. The van der Waals surface area contributed by atoms with E-state index in [9.17, 15) is 4.79 Å². The number of amides is 1. The van der Waals surface area contributed by atoms with Crippen LogP contribution in [0.4, 0.5) is 0 Å². The second-order valence-corrected chi connectivity index (χ2v) is 5.43. The highest BCUT2D eigenvalue weighted by molar-refractivity contribution is 5.92. The molecule has 0 bridgehead atoms. The normalized spacial score (nSPS) is 14.3. The maximum absolute atomic E-state index is 12.4. The second kappa shape index (κ2) is 6.40. The Morgan fingerprint density at radius 1 is 1.00 bits per heavy atom. The Balaban J connectivity index is 1.69. The summed E-state index contributed by atoms with van der Waals surface area (Å²) in [4.78, 5) is 14.4. The zero-order chi connectivity index (χ0) is 14.5. The Hall–Kier alpha value is -2.35. The minimum Gasteiger partial charge on any atom is -0.332 e. The van der Waals surface area contributed by atoms with E-state index in [1.807, 2.05) is 59.5 Å². The first-order valence-corrected chi connectivity index (χ1v) is 7.40. The quantitative estimate of drug-likeness (QED) is 0.759. The molecule has 2 aromatic rings. The van der Waals surface area contributed by atoms with Crippen LogP contribution < -0.4 is 0 Å². The molecular formula is C19H19NO. The lowest BCUT2D eigenvalue weighted by atomic mass is 10.2. The number of carbonyl (C=O) groups is 1. The monoisotopic (exact) mass is 277 g/mol. The molecule has 1 fully saturated rings. The number of rotatable bonds is 5. The van der Waals surface area contributed by atoms with Crippen molar-refractivity contribution in [2.24, 2.45) is 0 Å². The molecule has 3 rings (SSSR count). The molecule has 0 unspecified atom stereocenters. The number of nitrogens with zero attached hydrogens (tertiary/aromatic N) is 1. The highest BCUT2D eigenvalue weighted by Crippen LogP contribution is 2.28. The van der Waals surface area contributed by atoms with Crippen LogP contribution in [0, 0.1) is 0 Å². The van der Waals surface area contributed by atoms with Crippen molar-refractivity contribution >= 4 is 12.0 Å². The first-order chi connectivity index (χ1) is 10.3. The smallest absolute Gasteiger partial charge is 0.247 e. The van der Waals surface area contributed by atoms with Crippen LogP contribution >= 0.6 is 0 Å². The lowest BCUT2D eigenvalue weighted by Gasteiger charge is -2.21. The van der Waals surface area contributed by atoms with Gasteiger partial charge in [0.1, 0.15) is 0 Å². The number of hydrogen-bond donors (Lipinski definition) is 0. The minimum atomic E-state index is 0.102. The predicted molar refractivity (Wildman–Crippen MR) is 85.5 cm³/mol. The van der Waals surface area contributed by atoms with Crippen molar-refractivity contribution < 1.29 is 4.79 Å². The van der Waals surface area contributed by atoms with Crippen molar-refractivity contribution in [2.45, 2.75) is 25.4 Å². The van der Waals surface area contributed by atoms with Gasteiger partial charge in [0, 0.05) is 18.7 Å². The molecule has 1 amide bonds. The number of hydrogen-bond acceptors (Lipinski definition) is 1. The van der Waals surface area contributed by atoms with Crippen LogP contribution in [-0.2, 0) is 11.3 Å². The lowest BCUT2D eigenvalue weighted by molar-refractivity contribution is -0.127. The predicted octanol–water partition coefficient (Wildman–Crippen LogP) is 3.89. The maximum atomic E-state index is 12.4. The molecule has 0 N–H and O–H groups in total. The molecule has 1 aliphatic carbocycles. The largest absolute Gasteiger partial charge is 0.332 e. The fraction of sp³-hybridized carbons (Fsp3) is 0.211. The van der Waals surface area contributed by atoms with Gasteiger partial charge in [0.15, 0.2) is 0 Å². The Morgan fingerprint density at radius 2 is 1.62 bits per heavy atom. The maximum Gasteiger partial charge on any atom is 0.247 e. The summed E-state index contributed by atoms with van der Waals surface area (Å²) in [6, 6.07) is 20.5. The van der Waals surface area contributed by atoms with Gasteiger partial charge in [0.05, 0.1) is 0 Å². The summed E-state index contributed by atoms with van der Waals surface area (Å²) in [5.41, 5.74) is 2.24. The van der Waals surface area contributed by atoms with Crippen LogP contribution in [-0.4, -0.2) is 16.8 Å². The summed E-state index contributed by atoms with van der Waals surface area (Å²) in [7, 11) is 0. The van der Waals surface area contributed by atoms with E-state index < -0.39 is 0 Å². The van der Waals surface area contributed by atoms with Crippen LogP contribution in [0.2, 0.25) is 0 Å². The van der Waals surface area contributed by atoms with E-state index in [4.69, 9.17) is 0 Å². The molecular weight excluding hydrogens is 258 g/mol. The van der Waals surface area contributed by atoms with E-state index in [2.05, 4.69) is 12.1 Å². The lowest BCUT2D eigenvalue weighted by Crippen LogP contribution is -2.31. The third-order valence-electron chi connectivity index (χ3n) is 3.68. The Bertz CT molecular complexity index is 615. The molecule has 0 saturated heterocycles. The third kappa shape index (κ3) is 3.82. The zero-order valence-corrected chi connectivity index (χ0v) is 12.0. The fourth-order valence-electron chi connectivity index (χ4n) is 2.38. The summed E-state index contributed by atoms with van der Waals surface area (Å²) in [6.45, 7) is 0.698. The van der Waals surface area contributed by atoms with Crippen molar-refractivity contribution in [3.05, 3.63) is 77.9 Å². The minimum absolute atomic E-state index is 0.102. The Labute approximate surface area is 125 Å². The topological polar surface area (TPSA) is 20.3 Å². The van der Waals surface area contributed by atoms with E-state index in [0.29, 0.717) is 12.6 Å². The van der Waals surface area contributed by atoms with Gasteiger partial charge in [0.2, 0.25) is 5.91 Å². The van der Waals surface area contributed by atoms with Gasteiger partial charge in [-0.2, -0.15) is 0 Å². The summed E-state index contributed by atoms with van der Waals surface area (Å²) in [5, 5.41) is 0. The molecule has 21 heavy (non-hydrogen) atoms. The first-order valence-electron chi connectivity index (χ1n) is 7.40. The van der Waals surface area contributed by atoms with Crippen molar-refractivity contribution in [1.82, 2.24) is 4.90 Å². The molecule has 106 valence electrons. The van der Waals surface area contributed by atoms with Gasteiger partial charge >= 0.3 is 0 Å². The van der Waals surface area contributed by atoms with Gasteiger partial charge in [-0.25, -0.2) is 0 Å². The van der Waals surface area contributed by atoms with Crippen LogP contribution in [0.15, 0.2) is 66.7 Å². The van der Waals surface area contributed by atoms with Gasteiger partial charge in [-0.3, -0.25) is 4.79 Å². The number of carbonyl (C=O) groups excluding carboxylic acids is 1. The molecule has 0 heterocycles. The molecule has 0 spiro atoms. The SMILES string of the molecule is O=C(/C=C/c1ccccc1)N(Cc1ccccc1)C1CC1. The summed E-state index contributed by atoms with van der Waals surface area (Å²) in [6.07, 6.45) is 5.83. The van der Waals surface area contributed by atoms with Crippen molar-refractivity contribution in [3.63, 3.8) is 0 Å². The van der Waals surface area contributed by atoms with Crippen LogP contribution in [0.1, 0.15) is 24.0 Å². The van der Waals surface area contributed by atoms with Crippen molar-refractivity contribution in [1.29, 1.82) is 0 Å². The molecule has 0 radical (unpaired) electrons. The van der Waals surface area contributed by atoms with Crippen LogP contribution in [0.25, 0.3) is 6.08 Å². The van der Waals surface area contributed by atoms with E-state index in [1.165, 1.54) is 5.56 Å². The van der Waals surface area contributed by atoms with E-state index in [1.54, 1.807) is 6.08 Å². The molecule has 2 aromatic carbocycles. The third-order valence-corrected chi connectivity index (χ3v) is 3.68. The van der Waals surface area contributed by atoms with E-state index in [0.717, 1.165) is 18.4 Å².